The summed E-state index contributed by atoms with van der Waals surface area (Å²) in [7, 11) is 1.87. The van der Waals surface area contributed by atoms with Crippen molar-refractivity contribution in [3.63, 3.8) is 0 Å². The SMILES string of the molecule is Cn1cnc(Cl)c1.O=[N+]([O-])O. The van der Waals surface area contributed by atoms with Crippen LogP contribution in [0, 0.1) is 10.1 Å². The van der Waals surface area contributed by atoms with Gasteiger partial charge in [0.05, 0.1) is 6.33 Å². The Balaban J connectivity index is 0.000000218. The van der Waals surface area contributed by atoms with Crippen molar-refractivity contribution in [3.05, 3.63) is 27.8 Å². The molecule has 0 aliphatic heterocycles. The number of imidazole rings is 1. The van der Waals surface area contributed by atoms with E-state index in [1.54, 1.807) is 17.1 Å². The summed E-state index contributed by atoms with van der Waals surface area (Å²) in [5.74, 6) is 0. The smallest absolute Gasteiger partial charge is 0.291 e. The third-order valence-electron chi connectivity index (χ3n) is 0.673. The van der Waals surface area contributed by atoms with Crippen molar-refractivity contribution in [2.75, 3.05) is 0 Å². The molecule has 0 unspecified atom stereocenters. The molecule has 1 N–H and O–H groups in total. The van der Waals surface area contributed by atoms with Gasteiger partial charge in [-0.15, -0.1) is 10.1 Å². The van der Waals surface area contributed by atoms with Crippen molar-refractivity contribution in [2.24, 2.45) is 7.05 Å². The molecular formula is C4H6ClN3O3. The van der Waals surface area contributed by atoms with E-state index < -0.39 is 5.09 Å². The first-order valence-corrected chi connectivity index (χ1v) is 2.87. The maximum atomic E-state index is 8.36. The molecule has 6 nitrogen and oxygen atoms in total. The second-order valence-corrected chi connectivity index (χ2v) is 1.99. The lowest BCUT2D eigenvalue weighted by Crippen LogP contribution is -1.81. The largest absolute Gasteiger partial charge is 0.339 e. The van der Waals surface area contributed by atoms with E-state index in [9.17, 15) is 0 Å². The molecule has 0 saturated carbocycles. The van der Waals surface area contributed by atoms with E-state index in [0.29, 0.717) is 5.15 Å². The Labute approximate surface area is 67.1 Å². The highest BCUT2D eigenvalue weighted by molar-refractivity contribution is 6.29. The quantitative estimate of drug-likeness (QED) is 0.470. The van der Waals surface area contributed by atoms with Crippen molar-refractivity contribution in [3.8, 4) is 0 Å². The van der Waals surface area contributed by atoms with E-state index in [2.05, 4.69) is 4.98 Å². The van der Waals surface area contributed by atoms with Gasteiger partial charge in [-0.3, -0.25) is 0 Å². The van der Waals surface area contributed by atoms with E-state index in [-0.39, 0.29) is 0 Å². The van der Waals surface area contributed by atoms with Crippen LogP contribution in [0.2, 0.25) is 5.15 Å². The average Bonchev–Trinajstić information content (AvgIpc) is 2.13. The van der Waals surface area contributed by atoms with Gasteiger partial charge < -0.3 is 9.77 Å². The van der Waals surface area contributed by atoms with Gasteiger partial charge in [0.2, 0.25) is 0 Å². The van der Waals surface area contributed by atoms with Gasteiger partial charge in [0.25, 0.3) is 5.09 Å². The summed E-state index contributed by atoms with van der Waals surface area (Å²) < 4.78 is 1.79. The topological polar surface area (TPSA) is 81.2 Å². The zero-order valence-corrected chi connectivity index (χ0v) is 6.39. The van der Waals surface area contributed by atoms with Gasteiger partial charge >= 0.3 is 0 Å². The number of halogens is 1. The molecule has 1 aromatic heterocycles. The van der Waals surface area contributed by atoms with Gasteiger partial charge in [-0.25, -0.2) is 4.98 Å². The monoisotopic (exact) mass is 179 g/mol. The van der Waals surface area contributed by atoms with Crippen molar-refractivity contribution < 1.29 is 10.3 Å². The molecular weight excluding hydrogens is 174 g/mol. The highest BCUT2D eigenvalue weighted by Gasteiger charge is 1.84. The Kier molecular flexibility index (Phi) is 3.97. The Hall–Kier alpha value is -1.30. The standard InChI is InChI=1S/C4H5ClN2.HNO3/c1-7-2-4(5)6-3-7;2-1(3)4/h2-3H,1H3;(H,2,3,4). The molecule has 0 bridgehead atoms. The average molecular weight is 180 g/mol. The van der Waals surface area contributed by atoms with Crippen LogP contribution in [0.25, 0.3) is 0 Å². The van der Waals surface area contributed by atoms with Gasteiger partial charge in [0.15, 0.2) is 0 Å². The van der Waals surface area contributed by atoms with Crippen molar-refractivity contribution in [1.29, 1.82) is 0 Å². The number of rotatable bonds is 0. The van der Waals surface area contributed by atoms with E-state index >= 15 is 0 Å². The van der Waals surface area contributed by atoms with Gasteiger partial charge in [-0.05, 0) is 0 Å². The summed E-state index contributed by atoms with van der Waals surface area (Å²) >= 11 is 5.43. The molecule has 0 atom stereocenters. The zero-order chi connectivity index (χ0) is 8.85. The van der Waals surface area contributed by atoms with Crippen LogP contribution >= 0.6 is 11.6 Å². The third kappa shape index (κ3) is 6.59. The Morgan fingerprint density at radius 3 is 2.45 bits per heavy atom. The zero-order valence-electron chi connectivity index (χ0n) is 5.64. The maximum Gasteiger partial charge on any atom is 0.291 e. The Morgan fingerprint density at radius 1 is 1.91 bits per heavy atom. The number of aryl methyl sites for hydroxylation is 1. The summed E-state index contributed by atoms with van der Waals surface area (Å²) in [5, 5.41) is 14.2. The van der Waals surface area contributed by atoms with Crippen LogP contribution in [-0.2, 0) is 7.05 Å². The minimum atomic E-state index is -1.50. The van der Waals surface area contributed by atoms with E-state index in [1.807, 2.05) is 7.05 Å². The molecule has 1 rings (SSSR count). The second-order valence-electron chi connectivity index (χ2n) is 1.60. The van der Waals surface area contributed by atoms with E-state index in [1.165, 1.54) is 0 Å². The molecule has 0 spiro atoms. The van der Waals surface area contributed by atoms with E-state index in [4.69, 9.17) is 26.9 Å². The van der Waals surface area contributed by atoms with Gasteiger partial charge in [-0.2, -0.15) is 0 Å². The number of aromatic nitrogens is 2. The first kappa shape index (κ1) is 9.70. The fourth-order valence-corrected chi connectivity index (χ4v) is 0.579. The maximum absolute atomic E-state index is 8.36. The van der Waals surface area contributed by atoms with Crippen molar-refractivity contribution >= 4 is 11.6 Å². The van der Waals surface area contributed by atoms with Crippen molar-refractivity contribution in [2.45, 2.75) is 0 Å². The highest BCUT2D eigenvalue weighted by atomic mass is 35.5. The molecule has 0 aromatic carbocycles. The molecule has 0 fully saturated rings. The first-order chi connectivity index (χ1) is 5.02. The summed E-state index contributed by atoms with van der Waals surface area (Å²) in [6, 6.07) is 0. The van der Waals surface area contributed by atoms with Crippen LogP contribution in [0.1, 0.15) is 0 Å². The van der Waals surface area contributed by atoms with Crippen LogP contribution < -0.4 is 0 Å². The van der Waals surface area contributed by atoms with Gasteiger partial charge in [-0.1, -0.05) is 11.6 Å². The molecule has 7 heteroatoms. The van der Waals surface area contributed by atoms with E-state index in [0.717, 1.165) is 0 Å². The highest BCUT2D eigenvalue weighted by Crippen LogP contribution is 1.99. The summed E-state index contributed by atoms with van der Waals surface area (Å²) in [6.07, 6.45) is 3.39. The van der Waals surface area contributed by atoms with Crippen LogP contribution in [0.4, 0.5) is 0 Å². The van der Waals surface area contributed by atoms with Crippen LogP contribution in [0.5, 0.6) is 0 Å². The van der Waals surface area contributed by atoms with Gasteiger partial charge in [0, 0.05) is 13.2 Å². The summed E-state index contributed by atoms with van der Waals surface area (Å²) in [5.41, 5.74) is 0. The molecule has 1 aromatic rings. The second kappa shape index (κ2) is 4.51. The fourth-order valence-electron chi connectivity index (χ4n) is 0.381. The predicted molar refractivity (Wildman–Crippen MR) is 37.0 cm³/mol. The molecule has 0 aliphatic carbocycles. The van der Waals surface area contributed by atoms with Gasteiger partial charge in [0.1, 0.15) is 5.15 Å². The Bertz CT molecular complexity index is 216. The van der Waals surface area contributed by atoms with Crippen molar-refractivity contribution in [1.82, 2.24) is 9.55 Å². The molecule has 0 aliphatic rings. The molecule has 0 radical (unpaired) electrons. The normalized spacial score (nSPS) is 8.18. The fraction of sp³-hybridized carbons (Fsp3) is 0.250. The predicted octanol–water partition coefficient (Wildman–Crippen LogP) is 0.726. The molecule has 0 saturated heterocycles. The van der Waals surface area contributed by atoms with Crippen LogP contribution in [0.15, 0.2) is 12.5 Å². The minimum absolute atomic E-state index is 0.544. The minimum Gasteiger partial charge on any atom is -0.339 e. The molecule has 0 amide bonds. The first-order valence-electron chi connectivity index (χ1n) is 2.49. The Morgan fingerprint density at radius 2 is 2.36 bits per heavy atom. The summed E-state index contributed by atoms with van der Waals surface area (Å²) in [6.45, 7) is 0. The number of hydrogen-bond donors (Lipinski definition) is 1. The molecule has 11 heavy (non-hydrogen) atoms. The molecule has 62 valence electrons. The number of hydrogen-bond acceptors (Lipinski definition) is 3. The lowest BCUT2D eigenvalue weighted by atomic mass is 10.9. The summed E-state index contributed by atoms with van der Waals surface area (Å²) in [4.78, 5) is 12.1. The lowest BCUT2D eigenvalue weighted by molar-refractivity contribution is -0.742. The van der Waals surface area contributed by atoms with Crippen LogP contribution in [-0.4, -0.2) is 19.8 Å². The third-order valence-corrected chi connectivity index (χ3v) is 0.869. The number of nitrogens with zero attached hydrogens (tertiary/aromatic N) is 3. The lowest BCUT2D eigenvalue weighted by Gasteiger charge is -1.77. The molecule has 1 heterocycles. The van der Waals surface area contributed by atoms with Crippen LogP contribution in [0.3, 0.4) is 0 Å².